The number of pyridine rings is 4. The van der Waals surface area contributed by atoms with E-state index in [1.54, 1.807) is 0 Å². The third-order valence-corrected chi connectivity index (χ3v) is 11.1. The summed E-state index contributed by atoms with van der Waals surface area (Å²) < 4.78 is 0. The quantitative estimate of drug-likeness (QED) is 0.160. The van der Waals surface area contributed by atoms with Gasteiger partial charge in [0.1, 0.15) is 0 Å². The van der Waals surface area contributed by atoms with Gasteiger partial charge >= 0.3 is 0 Å². The van der Waals surface area contributed by atoms with E-state index < -0.39 is 0 Å². The van der Waals surface area contributed by atoms with Crippen molar-refractivity contribution in [3.63, 3.8) is 0 Å². The van der Waals surface area contributed by atoms with Crippen LogP contribution in [0, 0.1) is 0 Å². The Morgan fingerprint density at radius 2 is 0.754 bits per heavy atom. The van der Waals surface area contributed by atoms with Crippen LogP contribution in [0.15, 0.2) is 201 Å². The van der Waals surface area contributed by atoms with Gasteiger partial charge < -0.3 is 4.90 Å². The summed E-state index contributed by atoms with van der Waals surface area (Å²) in [5.74, 6) is 0. The fourth-order valence-electron chi connectivity index (χ4n) is 8.21. The molecule has 5 heteroatoms. The van der Waals surface area contributed by atoms with Crippen LogP contribution in [0.5, 0.6) is 0 Å². The Morgan fingerprint density at radius 1 is 0.298 bits per heavy atom. The minimum Gasteiger partial charge on any atom is -0.310 e. The largest absolute Gasteiger partial charge is 0.310 e. The van der Waals surface area contributed by atoms with Crippen molar-refractivity contribution in [2.75, 3.05) is 4.90 Å². The first-order chi connectivity index (χ1) is 28.2. The first-order valence-electron chi connectivity index (χ1n) is 19.1. The zero-order valence-corrected chi connectivity index (χ0v) is 30.8. The van der Waals surface area contributed by atoms with E-state index in [0.29, 0.717) is 0 Å². The molecule has 0 saturated carbocycles. The van der Waals surface area contributed by atoms with Gasteiger partial charge in [0, 0.05) is 76.1 Å². The van der Waals surface area contributed by atoms with Crippen molar-refractivity contribution < 1.29 is 0 Å². The summed E-state index contributed by atoms with van der Waals surface area (Å²) in [4.78, 5) is 20.6. The van der Waals surface area contributed by atoms with Gasteiger partial charge in [-0.3, -0.25) is 19.9 Å². The Kier molecular flexibility index (Phi) is 7.74. The molecule has 0 aliphatic rings. The molecule has 0 bridgehead atoms. The minimum atomic E-state index is 0.918. The Morgan fingerprint density at radius 3 is 1.37 bits per heavy atom. The minimum absolute atomic E-state index is 0.918. The number of anilines is 3. The third-order valence-electron chi connectivity index (χ3n) is 11.1. The highest BCUT2D eigenvalue weighted by atomic mass is 15.1. The van der Waals surface area contributed by atoms with Gasteiger partial charge in [-0.25, -0.2) is 0 Å². The fraction of sp³-hybridized carbons (Fsp3) is 0. The van der Waals surface area contributed by atoms with Crippen LogP contribution in [0.3, 0.4) is 0 Å². The smallest absolute Gasteiger partial charge is 0.0795 e. The second-order valence-corrected chi connectivity index (χ2v) is 14.4. The van der Waals surface area contributed by atoms with Crippen LogP contribution in [-0.2, 0) is 0 Å². The van der Waals surface area contributed by atoms with Crippen LogP contribution in [0.1, 0.15) is 0 Å². The van der Waals surface area contributed by atoms with Gasteiger partial charge in [-0.15, -0.1) is 0 Å². The normalized spacial score (nSPS) is 11.5. The van der Waals surface area contributed by atoms with Crippen LogP contribution in [0.4, 0.5) is 17.1 Å². The lowest BCUT2D eigenvalue weighted by Gasteiger charge is -2.26. The molecule has 57 heavy (non-hydrogen) atoms. The fourth-order valence-corrected chi connectivity index (χ4v) is 8.21. The maximum absolute atomic E-state index is 4.76. The topological polar surface area (TPSA) is 54.8 Å². The summed E-state index contributed by atoms with van der Waals surface area (Å²) in [6, 6.07) is 58.8. The molecule has 0 radical (unpaired) electrons. The average molecular weight is 728 g/mol. The molecule has 5 nitrogen and oxygen atoms in total. The Balaban J connectivity index is 1.00. The molecule has 0 spiro atoms. The van der Waals surface area contributed by atoms with Crippen molar-refractivity contribution in [3.05, 3.63) is 201 Å². The summed E-state index contributed by atoms with van der Waals surface area (Å²) in [6.07, 6.45) is 11.2. The number of aromatic nitrogens is 4. The van der Waals surface area contributed by atoms with Crippen LogP contribution in [0.25, 0.3) is 87.5 Å². The zero-order chi connectivity index (χ0) is 37.7. The molecule has 4 aromatic heterocycles. The van der Waals surface area contributed by atoms with Crippen molar-refractivity contribution in [2.45, 2.75) is 0 Å². The zero-order valence-electron chi connectivity index (χ0n) is 30.8. The van der Waals surface area contributed by atoms with Gasteiger partial charge in [-0.1, -0.05) is 91.0 Å². The second kappa shape index (κ2) is 13.5. The molecule has 7 aromatic carbocycles. The SMILES string of the molecule is c1ccc2cc(-c3ccc4c(ccc5cc(N(c6ccc(-c7nccc8ccncc78)cc6)c6ccc(-c7nccc8ccncc78)cc6)ccc54)c3)ccc2c1. The molecule has 0 atom stereocenters. The molecule has 0 N–H and O–H groups in total. The number of fused-ring (bicyclic) bond motifs is 6. The van der Waals surface area contributed by atoms with Gasteiger partial charge in [0.05, 0.1) is 11.4 Å². The first kappa shape index (κ1) is 32.7. The van der Waals surface area contributed by atoms with E-state index >= 15 is 0 Å². The maximum Gasteiger partial charge on any atom is 0.0795 e. The van der Waals surface area contributed by atoms with Crippen molar-refractivity contribution in [2.24, 2.45) is 0 Å². The summed E-state index contributed by atoms with van der Waals surface area (Å²) in [5.41, 5.74) is 9.49. The lowest BCUT2D eigenvalue weighted by molar-refractivity contribution is 1.28. The average Bonchev–Trinajstić information content (AvgIpc) is 3.29. The Bertz CT molecular complexity index is 3170. The molecule has 0 fully saturated rings. The van der Waals surface area contributed by atoms with E-state index in [2.05, 4.69) is 154 Å². The lowest BCUT2D eigenvalue weighted by Crippen LogP contribution is -2.10. The van der Waals surface area contributed by atoms with E-state index in [1.807, 2.05) is 61.4 Å². The lowest BCUT2D eigenvalue weighted by atomic mass is 9.96. The summed E-state index contributed by atoms with van der Waals surface area (Å²) in [5, 5.41) is 11.7. The molecule has 11 aromatic rings. The molecule has 266 valence electrons. The molecule has 11 rings (SSSR count). The summed E-state index contributed by atoms with van der Waals surface area (Å²) in [6.45, 7) is 0. The highest BCUT2D eigenvalue weighted by Crippen LogP contribution is 2.40. The molecule has 0 unspecified atom stereocenters. The molecule has 0 amide bonds. The van der Waals surface area contributed by atoms with Crippen LogP contribution in [-0.4, -0.2) is 19.9 Å². The monoisotopic (exact) mass is 727 g/mol. The predicted molar refractivity (Wildman–Crippen MR) is 236 cm³/mol. The van der Waals surface area contributed by atoms with E-state index in [0.717, 1.165) is 61.1 Å². The second-order valence-electron chi connectivity index (χ2n) is 14.4. The Labute approximate surface area is 329 Å². The van der Waals surface area contributed by atoms with Crippen molar-refractivity contribution in [3.8, 4) is 33.6 Å². The highest BCUT2D eigenvalue weighted by molar-refractivity contribution is 6.10. The molecule has 4 heterocycles. The standard InChI is InChI=1S/C52H33N5/c1-2-4-39-29-40(6-5-34(39)3-1)41-13-19-47-42(30-41)7-8-43-31-46(18-20-48(43)47)57(44-14-9-37(10-15-44)51-49-32-53-25-21-35(49)23-27-55-51)45-16-11-38(12-17-45)52-50-33-54-26-22-36(50)24-28-56-52/h1-33H. The molecule has 0 saturated heterocycles. The van der Waals surface area contributed by atoms with E-state index in [-0.39, 0.29) is 0 Å². The van der Waals surface area contributed by atoms with Crippen molar-refractivity contribution in [1.82, 2.24) is 19.9 Å². The van der Waals surface area contributed by atoms with Crippen molar-refractivity contribution >= 4 is 70.9 Å². The van der Waals surface area contributed by atoms with Gasteiger partial charge in [0.2, 0.25) is 0 Å². The molecule has 0 aliphatic carbocycles. The Hall–Kier alpha value is -7.76. The van der Waals surface area contributed by atoms with E-state index in [9.17, 15) is 0 Å². The van der Waals surface area contributed by atoms with Crippen LogP contribution in [0.2, 0.25) is 0 Å². The van der Waals surface area contributed by atoms with Gasteiger partial charge in [0.25, 0.3) is 0 Å². The first-order valence-corrected chi connectivity index (χ1v) is 19.1. The number of benzene rings is 7. The number of hydrogen-bond acceptors (Lipinski definition) is 5. The molecular formula is C52H33N5. The van der Waals surface area contributed by atoms with E-state index in [1.165, 1.54) is 43.4 Å². The number of hydrogen-bond donors (Lipinski definition) is 0. The van der Waals surface area contributed by atoms with Gasteiger partial charge in [-0.05, 0) is 127 Å². The molecular weight excluding hydrogens is 695 g/mol. The van der Waals surface area contributed by atoms with Gasteiger partial charge in [0.15, 0.2) is 0 Å². The number of nitrogens with zero attached hydrogens (tertiary/aromatic N) is 5. The van der Waals surface area contributed by atoms with Crippen LogP contribution < -0.4 is 4.90 Å². The highest BCUT2D eigenvalue weighted by Gasteiger charge is 2.16. The van der Waals surface area contributed by atoms with E-state index in [4.69, 9.17) is 9.97 Å². The summed E-state index contributed by atoms with van der Waals surface area (Å²) >= 11 is 0. The maximum atomic E-state index is 4.76. The summed E-state index contributed by atoms with van der Waals surface area (Å²) in [7, 11) is 0. The molecule has 0 aliphatic heterocycles. The number of rotatable bonds is 6. The third kappa shape index (κ3) is 5.81. The predicted octanol–water partition coefficient (Wildman–Crippen LogP) is 13.5. The van der Waals surface area contributed by atoms with Crippen molar-refractivity contribution in [1.29, 1.82) is 0 Å². The van der Waals surface area contributed by atoms with Crippen LogP contribution >= 0.6 is 0 Å². The van der Waals surface area contributed by atoms with Gasteiger partial charge in [-0.2, -0.15) is 0 Å².